The third kappa shape index (κ3) is 3.89. The summed E-state index contributed by atoms with van der Waals surface area (Å²) in [6.45, 7) is 2.18. The van der Waals surface area contributed by atoms with Gasteiger partial charge >= 0.3 is 0 Å². The summed E-state index contributed by atoms with van der Waals surface area (Å²) in [5, 5.41) is 3.81. The molecule has 0 spiro atoms. The molecule has 2 aromatic rings. The maximum atomic E-state index is 3.81. The minimum absolute atomic E-state index is 0.494. The first-order chi connectivity index (χ1) is 11.1. The summed E-state index contributed by atoms with van der Waals surface area (Å²) < 4.78 is 1.14. The second kappa shape index (κ2) is 7.39. The summed E-state index contributed by atoms with van der Waals surface area (Å²) in [7, 11) is 2.23. The van der Waals surface area contributed by atoms with Gasteiger partial charge in [-0.2, -0.15) is 0 Å². The number of benzene rings is 2. The SMILES string of the molecule is Cc1ccccc1N[C@@H]1CCCC[C@H]1N(C)c1cccc(Br)c1. The average molecular weight is 373 g/mol. The molecule has 2 aromatic carbocycles. The summed E-state index contributed by atoms with van der Waals surface area (Å²) in [6, 6.07) is 18.2. The van der Waals surface area contributed by atoms with Crippen molar-refractivity contribution >= 4 is 27.3 Å². The second-order valence-corrected chi connectivity index (χ2v) is 7.42. The Kier molecular flexibility index (Phi) is 5.27. The fourth-order valence-corrected chi connectivity index (χ4v) is 3.95. The molecule has 2 atom stereocenters. The van der Waals surface area contributed by atoms with Gasteiger partial charge in [0.05, 0.1) is 0 Å². The topological polar surface area (TPSA) is 15.3 Å². The molecule has 1 N–H and O–H groups in total. The Labute approximate surface area is 148 Å². The minimum atomic E-state index is 0.494. The highest BCUT2D eigenvalue weighted by atomic mass is 79.9. The molecule has 122 valence electrons. The van der Waals surface area contributed by atoms with Crippen LogP contribution >= 0.6 is 15.9 Å². The van der Waals surface area contributed by atoms with Crippen LogP contribution in [-0.2, 0) is 0 Å². The summed E-state index contributed by atoms with van der Waals surface area (Å²) >= 11 is 3.59. The Morgan fingerprint density at radius 2 is 1.83 bits per heavy atom. The van der Waals surface area contributed by atoms with Crippen LogP contribution in [0.2, 0.25) is 0 Å². The number of hydrogen-bond donors (Lipinski definition) is 1. The van der Waals surface area contributed by atoms with E-state index < -0.39 is 0 Å². The molecule has 0 radical (unpaired) electrons. The maximum Gasteiger partial charge on any atom is 0.0488 e. The number of para-hydroxylation sites is 1. The zero-order valence-corrected chi connectivity index (χ0v) is 15.5. The number of hydrogen-bond acceptors (Lipinski definition) is 2. The van der Waals surface area contributed by atoms with E-state index in [1.54, 1.807) is 0 Å². The molecule has 0 unspecified atom stereocenters. The third-order valence-electron chi connectivity index (χ3n) is 4.93. The zero-order chi connectivity index (χ0) is 16.2. The van der Waals surface area contributed by atoms with Gasteiger partial charge in [0.2, 0.25) is 0 Å². The number of nitrogens with one attached hydrogen (secondary N) is 1. The summed E-state index contributed by atoms with van der Waals surface area (Å²) in [4.78, 5) is 2.44. The van der Waals surface area contributed by atoms with E-state index in [1.165, 1.54) is 42.6 Å². The lowest BCUT2D eigenvalue weighted by atomic mass is 9.88. The molecule has 3 heteroatoms. The highest BCUT2D eigenvalue weighted by Crippen LogP contribution is 2.30. The molecule has 23 heavy (non-hydrogen) atoms. The van der Waals surface area contributed by atoms with Gasteiger partial charge in [-0.15, -0.1) is 0 Å². The lowest BCUT2D eigenvalue weighted by Gasteiger charge is -2.40. The van der Waals surface area contributed by atoms with Crippen molar-refractivity contribution in [3.05, 3.63) is 58.6 Å². The van der Waals surface area contributed by atoms with Gasteiger partial charge in [0.15, 0.2) is 0 Å². The lowest BCUT2D eigenvalue weighted by Crippen LogP contribution is -2.47. The third-order valence-corrected chi connectivity index (χ3v) is 5.42. The zero-order valence-electron chi connectivity index (χ0n) is 13.9. The van der Waals surface area contributed by atoms with Crippen LogP contribution in [0, 0.1) is 6.92 Å². The molecule has 1 aliphatic rings. The minimum Gasteiger partial charge on any atom is -0.380 e. The number of nitrogens with zero attached hydrogens (tertiary/aromatic N) is 1. The van der Waals surface area contributed by atoms with Crippen LogP contribution in [0.15, 0.2) is 53.0 Å². The highest BCUT2D eigenvalue weighted by molar-refractivity contribution is 9.10. The van der Waals surface area contributed by atoms with Gasteiger partial charge in [-0.1, -0.05) is 53.0 Å². The van der Waals surface area contributed by atoms with E-state index in [2.05, 4.69) is 88.6 Å². The van der Waals surface area contributed by atoms with Gasteiger partial charge in [0, 0.05) is 35.0 Å². The summed E-state index contributed by atoms with van der Waals surface area (Å²) in [5.41, 5.74) is 3.87. The van der Waals surface area contributed by atoms with Crippen LogP contribution in [0.3, 0.4) is 0 Å². The number of anilines is 2. The van der Waals surface area contributed by atoms with Gasteiger partial charge in [-0.05, 0) is 49.6 Å². The summed E-state index contributed by atoms with van der Waals surface area (Å²) in [5.74, 6) is 0. The molecule has 0 aromatic heterocycles. The first-order valence-corrected chi connectivity index (χ1v) is 9.25. The number of likely N-dealkylation sites (N-methyl/N-ethyl adjacent to an activating group) is 1. The molecular weight excluding hydrogens is 348 g/mol. The quantitative estimate of drug-likeness (QED) is 0.749. The molecule has 0 heterocycles. The molecule has 1 fully saturated rings. The van der Waals surface area contributed by atoms with Gasteiger partial charge in [0.1, 0.15) is 0 Å². The van der Waals surface area contributed by atoms with E-state index in [9.17, 15) is 0 Å². The predicted octanol–water partition coefficient (Wildman–Crippen LogP) is 5.62. The predicted molar refractivity (Wildman–Crippen MR) is 103 cm³/mol. The molecule has 0 aliphatic heterocycles. The molecule has 3 rings (SSSR count). The fourth-order valence-electron chi connectivity index (χ4n) is 3.56. The van der Waals surface area contributed by atoms with Crippen LogP contribution in [0.25, 0.3) is 0 Å². The van der Waals surface area contributed by atoms with Gasteiger partial charge in [0.25, 0.3) is 0 Å². The summed E-state index contributed by atoms with van der Waals surface area (Å²) in [6.07, 6.45) is 5.10. The number of rotatable bonds is 4. The Bertz CT molecular complexity index is 656. The van der Waals surface area contributed by atoms with Crippen molar-refractivity contribution in [3.63, 3.8) is 0 Å². The molecule has 2 nitrogen and oxygen atoms in total. The van der Waals surface area contributed by atoms with Crippen LogP contribution in [0.5, 0.6) is 0 Å². The van der Waals surface area contributed by atoms with E-state index in [0.29, 0.717) is 12.1 Å². The van der Waals surface area contributed by atoms with Crippen LogP contribution in [-0.4, -0.2) is 19.1 Å². The molecule has 1 saturated carbocycles. The monoisotopic (exact) mass is 372 g/mol. The van der Waals surface area contributed by atoms with Gasteiger partial charge < -0.3 is 10.2 Å². The van der Waals surface area contributed by atoms with E-state index >= 15 is 0 Å². The van der Waals surface area contributed by atoms with Crippen LogP contribution in [0.4, 0.5) is 11.4 Å². The Morgan fingerprint density at radius 1 is 1.04 bits per heavy atom. The first-order valence-electron chi connectivity index (χ1n) is 8.46. The largest absolute Gasteiger partial charge is 0.380 e. The van der Waals surface area contributed by atoms with E-state index in [-0.39, 0.29) is 0 Å². The molecule has 0 amide bonds. The van der Waals surface area contributed by atoms with Crippen molar-refractivity contribution < 1.29 is 0 Å². The van der Waals surface area contributed by atoms with Gasteiger partial charge in [-0.25, -0.2) is 0 Å². The number of halogens is 1. The molecule has 0 saturated heterocycles. The van der Waals surface area contributed by atoms with Crippen molar-refractivity contribution in [1.82, 2.24) is 0 Å². The van der Waals surface area contributed by atoms with E-state index in [1.807, 2.05) is 0 Å². The second-order valence-electron chi connectivity index (χ2n) is 6.51. The van der Waals surface area contributed by atoms with Crippen LogP contribution < -0.4 is 10.2 Å². The van der Waals surface area contributed by atoms with Gasteiger partial charge in [-0.3, -0.25) is 0 Å². The average Bonchev–Trinajstić information content (AvgIpc) is 2.57. The Hall–Kier alpha value is -1.48. The van der Waals surface area contributed by atoms with Crippen molar-refractivity contribution in [2.24, 2.45) is 0 Å². The van der Waals surface area contributed by atoms with Crippen molar-refractivity contribution in [1.29, 1.82) is 0 Å². The molecular formula is C20H25BrN2. The Morgan fingerprint density at radius 3 is 2.61 bits per heavy atom. The van der Waals surface area contributed by atoms with Crippen molar-refractivity contribution in [2.45, 2.75) is 44.7 Å². The normalized spacial score (nSPS) is 21.0. The highest BCUT2D eigenvalue weighted by Gasteiger charge is 2.28. The number of aryl methyl sites for hydroxylation is 1. The lowest BCUT2D eigenvalue weighted by molar-refractivity contribution is 0.392. The fraction of sp³-hybridized carbons (Fsp3) is 0.400. The molecule has 0 bridgehead atoms. The van der Waals surface area contributed by atoms with Crippen molar-refractivity contribution in [2.75, 3.05) is 17.3 Å². The standard InChI is InChI=1S/C20H25BrN2/c1-15-8-3-4-11-18(15)22-19-12-5-6-13-20(19)23(2)17-10-7-9-16(21)14-17/h3-4,7-11,14,19-20,22H,5-6,12-13H2,1-2H3/t19-,20-/m1/s1. The smallest absolute Gasteiger partial charge is 0.0488 e. The van der Waals surface area contributed by atoms with E-state index in [4.69, 9.17) is 0 Å². The van der Waals surface area contributed by atoms with Crippen LogP contribution in [0.1, 0.15) is 31.2 Å². The maximum absolute atomic E-state index is 3.81. The Balaban J connectivity index is 1.80. The molecule has 1 aliphatic carbocycles. The van der Waals surface area contributed by atoms with E-state index in [0.717, 1.165) is 4.47 Å². The van der Waals surface area contributed by atoms with Crippen molar-refractivity contribution in [3.8, 4) is 0 Å². The first kappa shape index (κ1) is 16.4.